The fraction of sp³-hybridized carbons (Fsp3) is 0.150. The van der Waals surface area contributed by atoms with Gasteiger partial charge in [0, 0.05) is 17.4 Å². The number of fused-ring (bicyclic) bond motifs is 1. The lowest BCUT2D eigenvalue weighted by molar-refractivity contribution is -0.129. The summed E-state index contributed by atoms with van der Waals surface area (Å²) in [5, 5.41) is 18.1. The quantitative estimate of drug-likeness (QED) is 0.530. The molecule has 8 nitrogen and oxygen atoms in total. The van der Waals surface area contributed by atoms with Crippen molar-refractivity contribution in [1.29, 1.82) is 0 Å². The predicted molar refractivity (Wildman–Crippen MR) is 106 cm³/mol. The van der Waals surface area contributed by atoms with Crippen LogP contribution in [0.4, 0.5) is 33.2 Å². The third kappa shape index (κ3) is 3.88. The Kier molecular flexibility index (Phi) is 4.42. The van der Waals surface area contributed by atoms with Crippen LogP contribution in [0.2, 0.25) is 0 Å². The van der Waals surface area contributed by atoms with Gasteiger partial charge >= 0.3 is 0 Å². The standard InChI is InChI=1S/C20H18FN5O3/c1-20(2)18(28)25-15-9-12(6-7-16(15)29-20)23-17-14(21)10-22-19(26-17)24-11-4-3-5-13(27)8-11/h3-10,27H,1-2H3,(H,25,28)(H2,22,23,24,26). The second kappa shape index (κ2) is 6.93. The number of hydrogen-bond acceptors (Lipinski definition) is 7. The largest absolute Gasteiger partial charge is 0.508 e. The number of anilines is 5. The molecule has 1 amide bonds. The van der Waals surface area contributed by atoms with Crippen LogP contribution < -0.4 is 20.7 Å². The minimum Gasteiger partial charge on any atom is -0.508 e. The molecule has 0 aliphatic carbocycles. The number of rotatable bonds is 4. The van der Waals surface area contributed by atoms with Gasteiger partial charge < -0.3 is 25.8 Å². The van der Waals surface area contributed by atoms with E-state index in [-0.39, 0.29) is 23.4 Å². The summed E-state index contributed by atoms with van der Waals surface area (Å²) >= 11 is 0. The molecule has 0 atom stereocenters. The van der Waals surface area contributed by atoms with Crippen LogP contribution in [0.15, 0.2) is 48.7 Å². The molecule has 0 fully saturated rings. The van der Waals surface area contributed by atoms with E-state index in [1.807, 2.05) is 0 Å². The van der Waals surface area contributed by atoms with E-state index in [9.17, 15) is 14.3 Å². The molecule has 4 N–H and O–H groups in total. The van der Waals surface area contributed by atoms with Crippen LogP contribution in [0.1, 0.15) is 13.8 Å². The van der Waals surface area contributed by atoms with Crippen LogP contribution in [0.3, 0.4) is 0 Å². The third-order valence-corrected chi connectivity index (χ3v) is 4.25. The number of hydrogen-bond donors (Lipinski definition) is 4. The van der Waals surface area contributed by atoms with Crippen molar-refractivity contribution in [3.8, 4) is 11.5 Å². The highest BCUT2D eigenvalue weighted by molar-refractivity contribution is 6.00. The summed E-state index contributed by atoms with van der Waals surface area (Å²) in [5.41, 5.74) is 0.576. The van der Waals surface area contributed by atoms with Crippen molar-refractivity contribution < 1.29 is 19.0 Å². The van der Waals surface area contributed by atoms with E-state index in [0.29, 0.717) is 22.8 Å². The van der Waals surface area contributed by atoms with Crippen molar-refractivity contribution in [2.45, 2.75) is 19.4 Å². The number of ether oxygens (including phenoxy) is 1. The molecule has 4 rings (SSSR count). The maximum Gasteiger partial charge on any atom is 0.268 e. The molecule has 1 aliphatic rings. The van der Waals surface area contributed by atoms with E-state index in [0.717, 1.165) is 6.20 Å². The first-order valence-electron chi connectivity index (χ1n) is 8.80. The van der Waals surface area contributed by atoms with Crippen LogP contribution >= 0.6 is 0 Å². The number of carbonyl (C=O) groups excluding carboxylic acids is 1. The van der Waals surface area contributed by atoms with E-state index in [1.54, 1.807) is 44.2 Å². The van der Waals surface area contributed by atoms with Gasteiger partial charge in [-0.25, -0.2) is 9.37 Å². The molecule has 0 spiro atoms. The zero-order valence-corrected chi connectivity index (χ0v) is 15.7. The number of phenolic OH excluding ortho intramolecular Hbond substituents is 1. The first-order valence-corrected chi connectivity index (χ1v) is 8.80. The lowest BCUT2D eigenvalue weighted by Crippen LogP contribution is -2.45. The van der Waals surface area contributed by atoms with E-state index < -0.39 is 11.4 Å². The molecule has 3 aromatic rings. The predicted octanol–water partition coefficient (Wildman–Crippen LogP) is 3.92. The summed E-state index contributed by atoms with van der Waals surface area (Å²) in [4.78, 5) is 20.1. The molecular weight excluding hydrogens is 377 g/mol. The lowest BCUT2D eigenvalue weighted by Gasteiger charge is -2.31. The van der Waals surface area contributed by atoms with Gasteiger partial charge in [0.1, 0.15) is 11.5 Å². The molecule has 0 radical (unpaired) electrons. The molecule has 1 aromatic heterocycles. The fourth-order valence-electron chi connectivity index (χ4n) is 2.75. The zero-order chi connectivity index (χ0) is 20.6. The van der Waals surface area contributed by atoms with Gasteiger partial charge in [-0.2, -0.15) is 4.98 Å². The van der Waals surface area contributed by atoms with Crippen molar-refractivity contribution in [2.24, 2.45) is 0 Å². The summed E-state index contributed by atoms with van der Waals surface area (Å²) in [6.07, 6.45) is 1.03. The van der Waals surface area contributed by atoms with Gasteiger partial charge in [-0.3, -0.25) is 4.79 Å². The number of amides is 1. The van der Waals surface area contributed by atoms with Gasteiger partial charge in [0.15, 0.2) is 17.2 Å². The van der Waals surface area contributed by atoms with Crippen LogP contribution in [0.5, 0.6) is 11.5 Å². The van der Waals surface area contributed by atoms with Gasteiger partial charge in [-0.1, -0.05) is 6.07 Å². The molecule has 1 aliphatic heterocycles. The molecule has 148 valence electrons. The second-order valence-corrected chi connectivity index (χ2v) is 6.97. The van der Waals surface area contributed by atoms with Gasteiger partial charge in [0.2, 0.25) is 5.95 Å². The van der Waals surface area contributed by atoms with E-state index in [2.05, 4.69) is 25.9 Å². The number of nitrogens with one attached hydrogen (secondary N) is 3. The smallest absolute Gasteiger partial charge is 0.268 e. The maximum atomic E-state index is 14.2. The Morgan fingerprint density at radius 1 is 1.14 bits per heavy atom. The highest BCUT2D eigenvalue weighted by Gasteiger charge is 2.35. The number of halogens is 1. The second-order valence-electron chi connectivity index (χ2n) is 6.97. The molecule has 29 heavy (non-hydrogen) atoms. The van der Waals surface area contributed by atoms with Gasteiger partial charge in [-0.15, -0.1) is 0 Å². The molecule has 2 heterocycles. The summed E-state index contributed by atoms with van der Waals surface area (Å²) in [6.45, 7) is 3.35. The molecular formula is C20H18FN5O3. The van der Waals surface area contributed by atoms with Crippen molar-refractivity contribution in [2.75, 3.05) is 16.0 Å². The fourth-order valence-corrected chi connectivity index (χ4v) is 2.75. The first kappa shape index (κ1) is 18.5. The van der Waals surface area contributed by atoms with Crippen molar-refractivity contribution in [3.63, 3.8) is 0 Å². The van der Waals surface area contributed by atoms with Gasteiger partial charge in [-0.05, 0) is 44.2 Å². The summed E-state index contributed by atoms with van der Waals surface area (Å²) < 4.78 is 19.9. The SMILES string of the molecule is CC1(C)Oc2ccc(Nc3nc(Nc4cccc(O)c4)ncc3F)cc2NC1=O. The lowest BCUT2D eigenvalue weighted by atomic mass is 10.1. The average molecular weight is 395 g/mol. The van der Waals surface area contributed by atoms with E-state index in [1.165, 1.54) is 12.1 Å². The number of nitrogens with zero attached hydrogens (tertiary/aromatic N) is 2. The number of benzene rings is 2. The minimum absolute atomic E-state index is 0.0500. The zero-order valence-electron chi connectivity index (χ0n) is 15.7. The average Bonchev–Trinajstić information content (AvgIpc) is 2.65. The summed E-state index contributed by atoms with van der Waals surface area (Å²) in [6, 6.07) is 11.4. The van der Waals surface area contributed by atoms with Gasteiger partial charge in [0.05, 0.1) is 11.9 Å². The molecule has 0 saturated heterocycles. The molecule has 0 unspecified atom stereocenters. The van der Waals surface area contributed by atoms with Gasteiger partial charge in [0.25, 0.3) is 5.91 Å². The normalized spacial score (nSPS) is 14.4. The molecule has 0 bridgehead atoms. The van der Waals surface area contributed by atoms with Crippen molar-refractivity contribution >= 4 is 34.7 Å². The van der Waals surface area contributed by atoms with Crippen molar-refractivity contribution in [3.05, 3.63) is 54.5 Å². The van der Waals surface area contributed by atoms with Crippen LogP contribution in [-0.4, -0.2) is 26.6 Å². The third-order valence-electron chi connectivity index (χ3n) is 4.25. The number of phenols is 1. The summed E-state index contributed by atoms with van der Waals surface area (Å²) in [5.74, 6) is -0.216. The van der Waals surface area contributed by atoms with Crippen LogP contribution in [0.25, 0.3) is 0 Å². The number of aromatic hydroxyl groups is 1. The minimum atomic E-state index is -0.965. The molecule has 0 saturated carbocycles. The molecule has 9 heteroatoms. The Hall–Kier alpha value is -3.88. The first-order chi connectivity index (χ1) is 13.8. The number of carbonyl (C=O) groups is 1. The Labute approximate surface area is 165 Å². The molecule has 2 aromatic carbocycles. The Morgan fingerprint density at radius 2 is 1.93 bits per heavy atom. The van der Waals surface area contributed by atoms with Crippen LogP contribution in [-0.2, 0) is 4.79 Å². The van der Waals surface area contributed by atoms with Crippen molar-refractivity contribution in [1.82, 2.24) is 9.97 Å². The number of aromatic nitrogens is 2. The van der Waals surface area contributed by atoms with E-state index in [4.69, 9.17) is 4.74 Å². The highest BCUT2D eigenvalue weighted by Crippen LogP contribution is 2.36. The van der Waals surface area contributed by atoms with Crippen LogP contribution in [0, 0.1) is 5.82 Å². The highest BCUT2D eigenvalue weighted by atomic mass is 19.1. The Bertz CT molecular complexity index is 1100. The topological polar surface area (TPSA) is 108 Å². The Balaban J connectivity index is 1.57. The monoisotopic (exact) mass is 395 g/mol. The van der Waals surface area contributed by atoms with E-state index >= 15 is 0 Å². The Morgan fingerprint density at radius 3 is 2.72 bits per heavy atom. The summed E-state index contributed by atoms with van der Waals surface area (Å²) in [7, 11) is 0. The maximum absolute atomic E-state index is 14.2.